The van der Waals surface area contributed by atoms with Crippen LogP contribution in [0.3, 0.4) is 0 Å². The van der Waals surface area contributed by atoms with E-state index in [1.54, 1.807) is 20.8 Å². The first-order valence-electron chi connectivity index (χ1n) is 7.52. The Morgan fingerprint density at radius 3 is 1.63 bits per heavy atom. The third-order valence-electron chi connectivity index (χ3n) is 2.79. The maximum atomic E-state index is 9.91. The van der Waals surface area contributed by atoms with Gasteiger partial charge in [0.1, 0.15) is 0 Å². The van der Waals surface area contributed by atoms with Crippen LogP contribution in [0.15, 0.2) is 0 Å². The van der Waals surface area contributed by atoms with Gasteiger partial charge >= 0.3 is 0 Å². The molecule has 19 heavy (non-hydrogen) atoms. The zero-order valence-corrected chi connectivity index (χ0v) is 14.2. The van der Waals surface area contributed by atoms with E-state index in [1.807, 2.05) is 0 Å². The van der Waals surface area contributed by atoms with Gasteiger partial charge in [-0.15, -0.1) is 0 Å². The van der Waals surface area contributed by atoms with Crippen molar-refractivity contribution in [2.45, 2.75) is 66.2 Å². The molecule has 0 aromatic carbocycles. The van der Waals surface area contributed by atoms with E-state index in [0.29, 0.717) is 0 Å². The Hall–Kier alpha value is -0.570. The van der Waals surface area contributed by atoms with Crippen LogP contribution in [-0.4, -0.2) is 38.1 Å². The second-order valence-electron chi connectivity index (χ2n) is 7.32. The second-order valence-corrected chi connectivity index (χ2v) is 7.32. The van der Waals surface area contributed by atoms with Crippen molar-refractivity contribution in [2.75, 3.05) is 27.7 Å². The Kier molecular flexibility index (Phi) is 11.2. The molecule has 0 amide bonds. The summed E-state index contributed by atoms with van der Waals surface area (Å²) >= 11 is 0. The molecule has 0 spiro atoms. The highest BCUT2D eigenvalue weighted by atomic mass is 16.4. The molecule has 116 valence electrons. The molecule has 0 aliphatic heterocycles. The molecular formula is C16H35NO2. The lowest BCUT2D eigenvalue weighted by molar-refractivity contribution is -0.870. The molecular weight excluding hydrogens is 238 g/mol. The van der Waals surface area contributed by atoms with Gasteiger partial charge in [-0.1, -0.05) is 53.4 Å². The van der Waals surface area contributed by atoms with Gasteiger partial charge < -0.3 is 14.4 Å². The van der Waals surface area contributed by atoms with Gasteiger partial charge in [0.15, 0.2) is 0 Å². The van der Waals surface area contributed by atoms with E-state index < -0.39 is 11.4 Å². The number of hydrogen-bond acceptors (Lipinski definition) is 2. The molecule has 0 unspecified atom stereocenters. The molecule has 3 heteroatoms. The number of carbonyl (C=O) groups is 1. The molecule has 0 bridgehead atoms. The number of carbonyl (C=O) groups excluding carboxylic acids is 1. The average Bonchev–Trinajstić information content (AvgIpc) is 2.21. The molecule has 0 radical (unpaired) electrons. The van der Waals surface area contributed by atoms with Gasteiger partial charge in [0.2, 0.25) is 0 Å². The fourth-order valence-corrected chi connectivity index (χ4v) is 1.37. The lowest BCUT2D eigenvalue weighted by atomic mass is 9.98. The minimum absolute atomic E-state index is 0.694. The molecule has 0 rings (SSSR count). The highest BCUT2D eigenvalue weighted by molar-refractivity contribution is 5.70. The summed E-state index contributed by atoms with van der Waals surface area (Å²) in [5.74, 6) is -1.01. The van der Waals surface area contributed by atoms with E-state index in [-0.39, 0.29) is 0 Å². The van der Waals surface area contributed by atoms with Gasteiger partial charge in [0.25, 0.3) is 0 Å². The van der Waals surface area contributed by atoms with Crippen molar-refractivity contribution in [3.05, 3.63) is 0 Å². The number of rotatable bonds is 7. The molecule has 0 aromatic heterocycles. The number of aliphatic carboxylic acids is 1. The van der Waals surface area contributed by atoms with Crippen molar-refractivity contribution in [3.63, 3.8) is 0 Å². The van der Waals surface area contributed by atoms with Crippen molar-refractivity contribution < 1.29 is 14.4 Å². The smallest absolute Gasteiger partial charge is 0.0780 e. The summed E-state index contributed by atoms with van der Waals surface area (Å²) in [6.45, 7) is 8.39. The van der Waals surface area contributed by atoms with Crippen molar-refractivity contribution in [3.8, 4) is 0 Å². The summed E-state index contributed by atoms with van der Waals surface area (Å²) in [4.78, 5) is 9.91. The number of unbranched alkanes of at least 4 members (excludes halogenated alkanes) is 5. The second kappa shape index (κ2) is 10.2. The van der Waals surface area contributed by atoms with Gasteiger partial charge in [-0.2, -0.15) is 0 Å². The predicted octanol–water partition coefficient (Wildman–Crippen LogP) is 2.84. The number of carboxylic acid groups (broad SMARTS) is 1. The Morgan fingerprint density at radius 1 is 0.947 bits per heavy atom. The summed E-state index contributed by atoms with van der Waals surface area (Å²) in [6, 6.07) is 0. The van der Waals surface area contributed by atoms with Gasteiger partial charge in [0.05, 0.1) is 27.7 Å². The van der Waals surface area contributed by atoms with E-state index in [1.165, 1.54) is 45.1 Å². The third-order valence-corrected chi connectivity index (χ3v) is 2.79. The summed E-state index contributed by atoms with van der Waals surface area (Å²) in [7, 11) is 6.81. The lowest BCUT2D eigenvalue weighted by Gasteiger charge is -2.23. The minimum atomic E-state index is -1.01. The Balaban J connectivity index is 0. The summed E-state index contributed by atoms with van der Waals surface area (Å²) in [5.41, 5.74) is -0.694. The third kappa shape index (κ3) is 19.9. The van der Waals surface area contributed by atoms with Crippen molar-refractivity contribution >= 4 is 5.97 Å². The van der Waals surface area contributed by atoms with E-state index in [2.05, 4.69) is 28.1 Å². The standard InChI is InChI=1S/C11H26N.C5H10O2/c1-5-6-7-8-9-10-11-12(2,3)4;1-5(2,3)4(6)7/h5-11H2,1-4H3;1-3H3,(H,6,7)/q+1;/p-1. The molecule has 3 nitrogen and oxygen atoms in total. The number of nitrogens with zero attached hydrogens (tertiary/aromatic N) is 1. The minimum Gasteiger partial charge on any atom is -0.550 e. The topological polar surface area (TPSA) is 40.1 Å². The zero-order chi connectivity index (χ0) is 15.5. The quantitative estimate of drug-likeness (QED) is 0.528. The monoisotopic (exact) mass is 273 g/mol. The SMILES string of the molecule is CC(C)(C)C(=O)[O-].CCCCCCCC[N+](C)(C)C. The zero-order valence-electron chi connectivity index (χ0n) is 14.2. The first-order chi connectivity index (χ1) is 8.50. The van der Waals surface area contributed by atoms with Crippen molar-refractivity contribution in [1.29, 1.82) is 0 Å². The highest BCUT2D eigenvalue weighted by Crippen LogP contribution is 2.09. The maximum Gasteiger partial charge on any atom is 0.0780 e. The largest absolute Gasteiger partial charge is 0.550 e. The first-order valence-corrected chi connectivity index (χ1v) is 7.52. The Bertz CT molecular complexity index is 224. The summed E-state index contributed by atoms with van der Waals surface area (Å²) in [6.07, 6.45) is 8.48. The molecule has 0 N–H and O–H groups in total. The van der Waals surface area contributed by atoms with E-state index in [0.717, 1.165) is 4.48 Å². The van der Waals surface area contributed by atoms with Gasteiger partial charge in [-0.25, -0.2) is 0 Å². The average molecular weight is 273 g/mol. The predicted molar refractivity (Wildman–Crippen MR) is 80.7 cm³/mol. The van der Waals surface area contributed by atoms with E-state index in [4.69, 9.17) is 0 Å². The van der Waals surface area contributed by atoms with Crippen LogP contribution in [0.25, 0.3) is 0 Å². The molecule has 0 saturated carbocycles. The lowest BCUT2D eigenvalue weighted by Crippen LogP contribution is -2.35. The number of carboxylic acids is 1. The van der Waals surface area contributed by atoms with Gasteiger partial charge in [-0.3, -0.25) is 0 Å². The molecule has 0 aliphatic rings. The van der Waals surface area contributed by atoms with Crippen molar-refractivity contribution in [1.82, 2.24) is 0 Å². The van der Waals surface area contributed by atoms with E-state index >= 15 is 0 Å². The normalized spacial score (nSPS) is 11.7. The molecule has 0 aromatic rings. The van der Waals surface area contributed by atoms with Gasteiger partial charge in [-0.05, 0) is 12.8 Å². The maximum absolute atomic E-state index is 9.91. The van der Waals surface area contributed by atoms with Crippen LogP contribution >= 0.6 is 0 Å². The number of hydrogen-bond donors (Lipinski definition) is 0. The summed E-state index contributed by atoms with van der Waals surface area (Å²) in [5, 5.41) is 9.91. The van der Waals surface area contributed by atoms with Crippen LogP contribution in [0.2, 0.25) is 0 Å². The molecule has 0 heterocycles. The Morgan fingerprint density at radius 2 is 1.32 bits per heavy atom. The van der Waals surface area contributed by atoms with Crippen LogP contribution in [0.5, 0.6) is 0 Å². The van der Waals surface area contributed by atoms with Crippen LogP contribution in [0, 0.1) is 5.41 Å². The first kappa shape index (κ1) is 20.7. The molecule has 0 atom stereocenters. The van der Waals surface area contributed by atoms with Crippen LogP contribution in [-0.2, 0) is 4.79 Å². The molecule has 0 aliphatic carbocycles. The van der Waals surface area contributed by atoms with Crippen molar-refractivity contribution in [2.24, 2.45) is 5.41 Å². The summed E-state index contributed by atoms with van der Waals surface area (Å²) < 4.78 is 1.12. The molecule has 0 saturated heterocycles. The van der Waals surface area contributed by atoms with Gasteiger partial charge in [0, 0.05) is 11.4 Å². The van der Waals surface area contributed by atoms with Crippen LogP contribution in [0.4, 0.5) is 0 Å². The van der Waals surface area contributed by atoms with Crippen LogP contribution in [0.1, 0.15) is 66.2 Å². The van der Waals surface area contributed by atoms with Crippen LogP contribution < -0.4 is 5.11 Å². The Labute approximate surface area is 120 Å². The highest BCUT2D eigenvalue weighted by Gasteiger charge is 2.09. The van der Waals surface area contributed by atoms with E-state index in [9.17, 15) is 9.90 Å². The fraction of sp³-hybridized carbons (Fsp3) is 0.938. The molecule has 0 fully saturated rings. The number of quaternary nitrogens is 1. The fourth-order valence-electron chi connectivity index (χ4n) is 1.37.